The molecule has 0 radical (unpaired) electrons. The summed E-state index contributed by atoms with van der Waals surface area (Å²) < 4.78 is 19.2. The van der Waals surface area contributed by atoms with Crippen LogP contribution in [0.15, 0.2) is 22.7 Å². The molecule has 1 saturated heterocycles. The van der Waals surface area contributed by atoms with E-state index in [9.17, 15) is 9.50 Å². The van der Waals surface area contributed by atoms with Crippen LogP contribution in [0, 0.1) is 11.7 Å². The smallest absolute Gasteiger partial charge is 0.124 e. The lowest BCUT2D eigenvalue weighted by molar-refractivity contribution is 0.00837. The van der Waals surface area contributed by atoms with Crippen molar-refractivity contribution < 1.29 is 14.2 Å². The largest absolute Gasteiger partial charge is 0.392 e. The predicted molar refractivity (Wildman–Crippen MR) is 67.4 cm³/mol. The van der Waals surface area contributed by atoms with E-state index in [0.29, 0.717) is 24.1 Å². The van der Waals surface area contributed by atoms with Crippen molar-refractivity contribution in [2.24, 2.45) is 5.92 Å². The highest BCUT2D eigenvalue weighted by Crippen LogP contribution is 2.23. The zero-order valence-electron chi connectivity index (χ0n) is 9.53. The van der Waals surface area contributed by atoms with Gasteiger partial charge in [-0.2, -0.15) is 0 Å². The summed E-state index contributed by atoms with van der Waals surface area (Å²) >= 11 is 3.26. The highest BCUT2D eigenvalue weighted by Gasteiger charge is 2.22. The molecule has 1 fully saturated rings. The summed E-state index contributed by atoms with van der Waals surface area (Å²) in [5.74, 6) is -0.000606. The van der Waals surface area contributed by atoms with Crippen LogP contribution in [-0.4, -0.2) is 24.4 Å². The molecule has 1 aromatic rings. The Morgan fingerprint density at radius 3 is 2.71 bits per heavy atom. The minimum Gasteiger partial charge on any atom is -0.392 e. The average molecular weight is 303 g/mol. The zero-order chi connectivity index (χ0) is 12.3. The molecule has 0 bridgehead atoms. The Balaban J connectivity index is 1.99. The van der Waals surface area contributed by atoms with Crippen LogP contribution in [0.5, 0.6) is 0 Å². The molecule has 1 unspecified atom stereocenters. The number of rotatable bonds is 3. The third-order valence-electron chi connectivity index (χ3n) is 3.18. The standard InChI is InChI=1S/C13H16BrFO2/c14-11-5-9(6-12(15)8-11)7-13(16)10-1-3-17-4-2-10/h5-6,8,10,13,16H,1-4,7H2. The van der Waals surface area contributed by atoms with Gasteiger partial charge in [-0.25, -0.2) is 4.39 Å². The third kappa shape index (κ3) is 3.76. The van der Waals surface area contributed by atoms with Crippen molar-refractivity contribution in [3.63, 3.8) is 0 Å². The van der Waals surface area contributed by atoms with E-state index in [-0.39, 0.29) is 11.7 Å². The quantitative estimate of drug-likeness (QED) is 0.930. The van der Waals surface area contributed by atoms with Crippen molar-refractivity contribution in [2.75, 3.05) is 13.2 Å². The summed E-state index contributed by atoms with van der Waals surface area (Å²) in [6.45, 7) is 1.43. The number of halogens is 2. The maximum absolute atomic E-state index is 13.2. The van der Waals surface area contributed by atoms with Crippen LogP contribution in [0.3, 0.4) is 0 Å². The number of hydrogen-bond acceptors (Lipinski definition) is 2. The fraction of sp³-hybridized carbons (Fsp3) is 0.538. The first-order chi connectivity index (χ1) is 8.15. The molecular formula is C13H16BrFO2. The van der Waals surface area contributed by atoms with Gasteiger partial charge in [-0.15, -0.1) is 0 Å². The van der Waals surface area contributed by atoms with Crippen molar-refractivity contribution in [3.8, 4) is 0 Å². The van der Waals surface area contributed by atoms with E-state index in [1.165, 1.54) is 12.1 Å². The minimum absolute atomic E-state index is 0.269. The summed E-state index contributed by atoms with van der Waals surface area (Å²) in [6, 6.07) is 4.75. The molecule has 1 heterocycles. The van der Waals surface area contributed by atoms with Gasteiger partial charge in [0.1, 0.15) is 5.82 Å². The Labute approximate surface area is 109 Å². The van der Waals surface area contributed by atoms with Gasteiger partial charge >= 0.3 is 0 Å². The lowest BCUT2D eigenvalue weighted by Crippen LogP contribution is -2.28. The highest BCUT2D eigenvalue weighted by molar-refractivity contribution is 9.10. The molecule has 4 heteroatoms. The number of ether oxygens (including phenoxy) is 1. The molecule has 1 N–H and O–H groups in total. The topological polar surface area (TPSA) is 29.5 Å². The summed E-state index contributed by atoms with van der Waals surface area (Å²) in [5.41, 5.74) is 0.830. The molecule has 0 aliphatic carbocycles. The van der Waals surface area contributed by atoms with Gasteiger partial charge in [-0.1, -0.05) is 15.9 Å². The van der Waals surface area contributed by atoms with E-state index in [4.69, 9.17) is 4.74 Å². The lowest BCUT2D eigenvalue weighted by atomic mass is 9.90. The van der Waals surface area contributed by atoms with Crippen molar-refractivity contribution >= 4 is 15.9 Å². The van der Waals surface area contributed by atoms with Crippen LogP contribution in [0.2, 0.25) is 0 Å². The van der Waals surface area contributed by atoms with Crippen molar-refractivity contribution in [3.05, 3.63) is 34.1 Å². The van der Waals surface area contributed by atoms with Gasteiger partial charge in [0.05, 0.1) is 6.10 Å². The summed E-state index contributed by atoms with van der Waals surface area (Å²) in [6.07, 6.45) is 1.86. The maximum Gasteiger partial charge on any atom is 0.124 e. The molecule has 17 heavy (non-hydrogen) atoms. The second-order valence-corrected chi connectivity index (χ2v) is 5.41. The van der Waals surface area contributed by atoms with E-state index < -0.39 is 6.10 Å². The molecule has 1 aliphatic rings. The van der Waals surface area contributed by atoms with Gasteiger partial charge < -0.3 is 9.84 Å². The Hall–Kier alpha value is -0.450. The summed E-state index contributed by atoms with van der Waals surface area (Å²) in [7, 11) is 0. The lowest BCUT2D eigenvalue weighted by Gasteiger charge is -2.26. The predicted octanol–water partition coefficient (Wildman–Crippen LogP) is 2.92. The monoisotopic (exact) mass is 302 g/mol. The molecule has 1 atom stereocenters. The van der Waals surface area contributed by atoms with Crippen molar-refractivity contribution in [2.45, 2.75) is 25.4 Å². The first kappa shape index (κ1) is 13.0. The number of aliphatic hydroxyl groups is 1. The zero-order valence-corrected chi connectivity index (χ0v) is 11.1. The van der Waals surface area contributed by atoms with Gasteiger partial charge in [-0.05, 0) is 48.9 Å². The van der Waals surface area contributed by atoms with E-state index in [0.717, 1.165) is 18.4 Å². The number of hydrogen-bond donors (Lipinski definition) is 1. The molecule has 0 spiro atoms. The van der Waals surface area contributed by atoms with E-state index in [2.05, 4.69) is 15.9 Å². The van der Waals surface area contributed by atoms with Crippen molar-refractivity contribution in [1.29, 1.82) is 0 Å². The molecule has 0 amide bonds. The van der Waals surface area contributed by atoms with Gasteiger partial charge in [0.2, 0.25) is 0 Å². The SMILES string of the molecule is OC(Cc1cc(F)cc(Br)c1)C1CCOCC1. The second-order valence-electron chi connectivity index (χ2n) is 4.50. The Kier molecular flexibility index (Phi) is 4.54. The molecule has 1 aliphatic heterocycles. The fourth-order valence-electron chi connectivity index (χ4n) is 2.24. The van der Waals surface area contributed by atoms with Gasteiger partial charge in [0, 0.05) is 17.7 Å². The third-order valence-corrected chi connectivity index (χ3v) is 3.64. The highest BCUT2D eigenvalue weighted by atomic mass is 79.9. The molecule has 1 aromatic carbocycles. The Morgan fingerprint density at radius 1 is 1.35 bits per heavy atom. The Bertz CT molecular complexity index is 357. The number of aliphatic hydroxyl groups excluding tert-OH is 1. The number of benzene rings is 1. The van der Waals surface area contributed by atoms with Gasteiger partial charge in [0.25, 0.3) is 0 Å². The molecule has 94 valence electrons. The minimum atomic E-state index is -0.410. The van der Waals surface area contributed by atoms with Crippen LogP contribution in [0.4, 0.5) is 4.39 Å². The molecule has 0 aromatic heterocycles. The van der Waals surface area contributed by atoms with E-state index in [1.807, 2.05) is 6.07 Å². The van der Waals surface area contributed by atoms with Crippen LogP contribution in [-0.2, 0) is 11.2 Å². The second kappa shape index (κ2) is 5.94. The first-order valence-corrected chi connectivity index (χ1v) is 6.65. The van der Waals surface area contributed by atoms with Gasteiger partial charge in [0.15, 0.2) is 0 Å². The summed E-state index contributed by atoms with van der Waals surface area (Å²) in [5, 5.41) is 10.1. The van der Waals surface area contributed by atoms with Crippen LogP contribution in [0.25, 0.3) is 0 Å². The molecular weight excluding hydrogens is 287 g/mol. The summed E-state index contributed by atoms with van der Waals surface area (Å²) in [4.78, 5) is 0. The van der Waals surface area contributed by atoms with E-state index >= 15 is 0 Å². The van der Waals surface area contributed by atoms with Gasteiger partial charge in [-0.3, -0.25) is 0 Å². The average Bonchev–Trinajstić information content (AvgIpc) is 2.28. The van der Waals surface area contributed by atoms with Crippen LogP contribution >= 0.6 is 15.9 Å². The Morgan fingerprint density at radius 2 is 2.06 bits per heavy atom. The molecule has 2 rings (SSSR count). The van der Waals surface area contributed by atoms with E-state index in [1.54, 1.807) is 0 Å². The molecule has 0 saturated carbocycles. The fourth-order valence-corrected chi connectivity index (χ4v) is 2.75. The molecule has 2 nitrogen and oxygen atoms in total. The maximum atomic E-state index is 13.2. The van der Waals surface area contributed by atoms with Crippen LogP contribution < -0.4 is 0 Å². The first-order valence-electron chi connectivity index (χ1n) is 5.86. The normalized spacial score (nSPS) is 19.2. The van der Waals surface area contributed by atoms with Crippen LogP contribution in [0.1, 0.15) is 18.4 Å². The van der Waals surface area contributed by atoms with Crippen molar-refractivity contribution in [1.82, 2.24) is 0 Å².